The van der Waals surface area contributed by atoms with Crippen molar-refractivity contribution in [3.05, 3.63) is 11.7 Å². The quantitative estimate of drug-likeness (QED) is 0.884. The molecule has 2 atom stereocenters. The van der Waals surface area contributed by atoms with E-state index in [1.54, 1.807) is 0 Å². The summed E-state index contributed by atoms with van der Waals surface area (Å²) in [5.41, 5.74) is 0. The molecule has 1 N–H and O–H groups in total. The fourth-order valence-electron chi connectivity index (χ4n) is 3.32. The molecule has 106 valence electrons. The highest BCUT2D eigenvalue weighted by molar-refractivity contribution is 4.96. The van der Waals surface area contributed by atoms with E-state index in [1.165, 1.54) is 25.7 Å². The number of hydrogen-bond donors (Lipinski definition) is 1. The first-order valence-corrected chi connectivity index (χ1v) is 7.48. The number of nitrogens with zero attached hydrogens (tertiary/aromatic N) is 2. The van der Waals surface area contributed by atoms with Crippen LogP contribution in [0.3, 0.4) is 0 Å². The largest absolute Gasteiger partial charge is 0.370 e. The summed E-state index contributed by atoms with van der Waals surface area (Å²) in [4.78, 5) is 4.51. The van der Waals surface area contributed by atoms with E-state index in [0.29, 0.717) is 6.04 Å². The highest BCUT2D eigenvalue weighted by Gasteiger charge is 2.27. The Kier molecular flexibility index (Phi) is 4.13. The normalized spacial score (nSPS) is 26.1. The van der Waals surface area contributed by atoms with E-state index in [0.717, 1.165) is 43.5 Å². The summed E-state index contributed by atoms with van der Waals surface area (Å²) in [6.07, 6.45) is 8.34. The number of rotatable bonds is 5. The van der Waals surface area contributed by atoms with Gasteiger partial charge in [0.1, 0.15) is 6.10 Å². The van der Waals surface area contributed by atoms with Crippen molar-refractivity contribution in [1.29, 1.82) is 0 Å². The average Bonchev–Trinajstić information content (AvgIpc) is 3.15. The monoisotopic (exact) mass is 265 g/mol. The van der Waals surface area contributed by atoms with Crippen LogP contribution in [0.4, 0.5) is 0 Å². The third-order valence-electron chi connectivity index (χ3n) is 4.44. The second kappa shape index (κ2) is 6.01. The summed E-state index contributed by atoms with van der Waals surface area (Å²) in [5, 5.41) is 7.49. The standard InChI is InChI=1S/C14H23N3O2/c1-15-11(10-5-2-3-6-10)9-13-16-14(17-19-13)12-7-4-8-18-12/h10-12,15H,2-9H2,1H3. The Labute approximate surface area is 114 Å². The zero-order valence-electron chi connectivity index (χ0n) is 11.6. The molecule has 1 aromatic heterocycles. The molecule has 5 nitrogen and oxygen atoms in total. The van der Waals surface area contributed by atoms with Gasteiger partial charge in [0.2, 0.25) is 11.7 Å². The number of hydrogen-bond acceptors (Lipinski definition) is 5. The summed E-state index contributed by atoms with van der Waals surface area (Å²) in [6, 6.07) is 0.459. The van der Waals surface area contributed by atoms with E-state index >= 15 is 0 Å². The van der Waals surface area contributed by atoms with Gasteiger partial charge in [0.05, 0.1) is 0 Å². The van der Waals surface area contributed by atoms with E-state index in [4.69, 9.17) is 9.26 Å². The van der Waals surface area contributed by atoms with Crippen LogP contribution in [0.25, 0.3) is 0 Å². The maximum absolute atomic E-state index is 5.58. The Bertz CT molecular complexity index is 395. The van der Waals surface area contributed by atoms with Crippen LogP contribution in [-0.4, -0.2) is 29.8 Å². The topological polar surface area (TPSA) is 60.2 Å². The Hall–Kier alpha value is -0.940. The number of likely N-dealkylation sites (N-methyl/N-ethyl adjacent to an activating group) is 1. The summed E-state index contributed by atoms with van der Waals surface area (Å²) in [6.45, 7) is 0.815. The van der Waals surface area contributed by atoms with Crippen LogP contribution in [0.2, 0.25) is 0 Å². The van der Waals surface area contributed by atoms with Crippen LogP contribution in [0, 0.1) is 5.92 Å². The highest BCUT2D eigenvalue weighted by atomic mass is 16.5. The summed E-state index contributed by atoms with van der Waals surface area (Å²) >= 11 is 0. The van der Waals surface area contributed by atoms with Crippen molar-refractivity contribution in [3.8, 4) is 0 Å². The number of aromatic nitrogens is 2. The predicted octanol–water partition coefficient (Wildman–Crippen LogP) is 2.24. The van der Waals surface area contributed by atoms with E-state index < -0.39 is 0 Å². The molecular formula is C14H23N3O2. The first-order chi connectivity index (χ1) is 9.36. The molecule has 1 saturated carbocycles. The van der Waals surface area contributed by atoms with Crippen molar-refractivity contribution in [3.63, 3.8) is 0 Å². The van der Waals surface area contributed by atoms with Crippen molar-refractivity contribution in [2.24, 2.45) is 5.92 Å². The van der Waals surface area contributed by atoms with Gasteiger partial charge in [-0.15, -0.1) is 0 Å². The van der Waals surface area contributed by atoms with E-state index in [1.807, 2.05) is 7.05 Å². The molecule has 0 spiro atoms. The van der Waals surface area contributed by atoms with Crippen molar-refractivity contribution in [1.82, 2.24) is 15.5 Å². The summed E-state index contributed by atoms with van der Waals surface area (Å²) in [7, 11) is 2.03. The van der Waals surface area contributed by atoms with Gasteiger partial charge in [-0.3, -0.25) is 0 Å². The lowest BCUT2D eigenvalue weighted by Crippen LogP contribution is -2.34. The molecule has 0 aromatic carbocycles. The average molecular weight is 265 g/mol. The summed E-state index contributed by atoms with van der Waals surface area (Å²) < 4.78 is 11.0. The van der Waals surface area contributed by atoms with Crippen LogP contribution in [0.5, 0.6) is 0 Å². The fraction of sp³-hybridized carbons (Fsp3) is 0.857. The SMILES string of the molecule is CNC(Cc1nc(C2CCCO2)no1)C1CCCC1. The predicted molar refractivity (Wildman–Crippen MR) is 70.7 cm³/mol. The molecule has 1 aromatic rings. The minimum Gasteiger partial charge on any atom is -0.370 e. The molecule has 2 heterocycles. The van der Waals surface area contributed by atoms with Gasteiger partial charge in [-0.25, -0.2) is 0 Å². The summed E-state index contributed by atoms with van der Waals surface area (Å²) in [5.74, 6) is 2.23. The first-order valence-electron chi connectivity index (χ1n) is 7.48. The van der Waals surface area contributed by atoms with Gasteiger partial charge in [-0.1, -0.05) is 18.0 Å². The van der Waals surface area contributed by atoms with Crippen molar-refractivity contribution in [2.75, 3.05) is 13.7 Å². The van der Waals surface area contributed by atoms with Crippen LogP contribution >= 0.6 is 0 Å². The lowest BCUT2D eigenvalue weighted by Gasteiger charge is -2.20. The molecule has 1 aliphatic carbocycles. The van der Waals surface area contributed by atoms with E-state index in [-0.39, 0.29) is 6.10 Å². The van der Waals surface area contributed by atoms with Gasteiger partial charge in [0.25, 0.3) is 0 Å². The van der Waals surface area contributed by atoms with Crippen LogP contribution in [0.1, 0.15) is 56.3 Å². The van der Waals surface area contributed by atoms with Gasteiger partial charge in [0.15, 0.2) is 0 Å². The molecule has 0 amide bonds. The molecule has 19 heavy (non-hydrogen) atoms. The van der Waals surface area contributed by atoms with E-state index in [9.17, 15) is 0 Å². The minimum absolute atomic E-state index is 0.0528. The maximum atomic E-state index is 5.58. The van der Waals surface area contributed by atoms with Gasteiger partial charge < -0.3 is 14.6 Å². The zero-order valence-corrected chi connectivity index (χ0v) is 11.6. The smallest absolute Gasteiger partial charge is 0.228 e. The van der Waals surface area contributed by atoms with Gasteiger partial charge in [-0.05, 0) is 38.6 Å². The zero-order chi connectivity index (χ0) is 13.1. The first kappa shape index (κ1) is 13.1. The Balaban J connectivity index is 1.61. The molecule has 5 heteroatoms. The molecule has 1 aliphatic heterocycles. The molecule has 0 radical (unpaired) electrons. The molecule has 2 aliphatic rings. The third kappa shape index (κ3) is 2.98. The maximum Gasteiger partial charge on any atom is 0.228 e. The van der Waals surface area contributed by atoms with Gasteiger partial charge in [0, 0.05) is 19.1 Å². The van der Waals surface area contributed by atoms with Crippen LogP contribution < -0.4 is 5.32 Å². The highest BCUT2D eigenvalue weighted by Crippen LogP contribution is 2.30. The lowest BCUT2D eigenvalue weighted by atomic mass is 9.95. The second-order valence-electron chi connectivity index (χ2n) is 5.69. The molecule has 1 saturated heterocycles. The number of ether oxygens (including phenoxy) is 1. The van der Waals surface area contributed by atoms with Crippen molar-refractivity contribution < 1.29 is 9.26 Å². The minimum atomic E-state index is 0.0528. The molecular weight excluding hydrogens is 242 g/mol. The van der Waals surface area contributed by atoms with Crippen molar-refractivity contribution >= 4 is 0 Å². The third-order valence-corrected chi connectivity index (χ3v) is 4.44. The van der Waals surface area contributed by atoms with Gasteiger partial charge in [-0.2, -0.15) is 4.98 Å². The number of nitrogens with one attached hydrogen (secondary N) is 1. The van der Waals surface area contributed by atoms with Gasteiger partial charge >= 0.3 is 0 Å². The molecule has 2 fully saturated rings. The molecule has 3 rings (SSSR count). The Morgan fingerprint density at radius 1 is 1.26 bits per heavy atom. The second-order valence-corrected chi connectivity index (χ2v) is 5.69. The van der Waals surface area contributed by atoms with E-state index in [2.05, 4.69) is 15.5 Å². The fourth-order valence-corrected chi connectivity index (χ4v) is 3.32. The van der Waals surface area contributed by atoms with Crippen molar-refractivity contribution in [2.45, 2.75) is 57.1 Å². The lowest BCUT2D eigenvalue weighted by molar-refractivity contribution is 0.103. The van der Waals surface area contributed by atoms with Crippen LogP contribution in [0.15, 0.2) is 4.52 Å². The van der Waals surface area contributed by atoms with Crippen LogP contribution in [-0.2, 0) is 11.2 Å². The Morgan fingerprint density at radius 3 is 2.79 bits per heavy atom. The molecule has 2 unspecified atom stereocenters. The molecule has 0 bridgehead atoms. The Morgan fingerprint density at radius 2 is 2.11 bits per heavy atom.